The molecule has 3 aromatic rings. The van der Waals surface area contributed by atoms with Crippen molar-refractivity contribution in [2.75, 3.05) is 18.0 Å². The first kappa shape index (κ1) is 23.2. The van der Waals surface area contributed by atoms with Crippen LogP contribution in [-0.4, -0.2) is 39.3 Å². The number of rotatable bonds is 7. The molecule has 36 heavy (non-hydrogen) atoms. The Kier molecular flexibility index (Phi) is 5.63. The van der Waals surface area contributed by atoms with Gasteiger partial charge in [-0.15, -0.1) is 0 Å². The maximum atomic E-state index is 14.2. The third-order valence-corrected chi connectivity index (χ3v) is 8.56. The van der Waals surface area contributed by atoms with Crippen molar-refractivity contribution in [2.24, 2.45) is 5.92 Å². The number of hydrogen-bond donors (Lipinski definition) is 1. The first-order chi connectivity index (χ1) is 17.4. The molecule has 3 heterocycles. The fourth-order valence-corrected chi connectivity index (χ4v) is 6.68. The second kappa shape index (κ2) is 8.73. The molecule has 2 aromatic carbocycles. The third kappa shape index (κ3) is 3.63. The summed E-state index contributed by atoms with van der Waals surface area (Å²) >= 11 is 0. The Morgan fingerprint density at radius 1 is 1.11 bits per heavy atom. The van der Waals surface area contributed by atoms with Gasteiger partial charge in [0, 0.05) is 24.5 Å². The lowest BCUT2D eigenvalue weighted by atomic mass is 9.74. The lowest BCUT2D eigenvalue weighted by Gasteiger charge is -2.60. The molecular formula is C29H32FN3O3. The highest BCUT2D eigenvalue weighted by atomic mass is 19.1. The summed E-state index contributed by atoms with van der Waals surface area (Å²) in [5, 5.41) is 10.5. The first-order valence-electron chi connectivity index (χ1n) is 13.1. The molecule has 2 bridgehead atoms. The molecule has 0 amide bonds. The number of aromatic nitrogens is 1. The van der Waals surface area contributed by atoms with Crippen LogP contribution < -0.4 is 10.3 Å². The van der Waals surface area contributed by atoms with E-state index >= 15 is 0 Å². The number of nitrogens with zero attached hydrogens (tertiary/aromatic N) is 3. The molecule has 1 N–H and O–H groups in total. The largest absolute Gasteiger partial charge is 0.477 e. The molecule has 4 fully saturated rings. The van der Waals surface area contributed by atoms with E-state index in [0.717, 1.165) is 58.2 Å². The van der Waals surface area contributed by atoms with Crippen LogP contribution in [0, 0.1) is 11.7 Å². The van der Waals surface area contributed by atoms with Gasteiger partial charge in [-0.3, -0.25) is 9.69 Å². The molecule has 4 aliphatic rings. The van der Waals surface area contributed by atoms with Gasteiger partial charge < -0.3 is 14.6 Å². The van der Waals surface area contributed by atoms with Crippen molar-refractivity contribution in [3.63, 3.8) is 0 Å². The number of benzene rings is 2. The molecule has 2 saturated carbocycles. The molecule has 0 atom stereocenters. The van der Waals surface area contributed by atoms with Crippen molar-refractivity contribution in [3.05, 3.63) is 75.7 Å². The molecule has 2 aliphatic carbocycles. The van der Waals surface area contributed by atoms with E-state index in [1.54, 1.807) is 6.07 Å². The van der Waals surface area contributed by atoms with Crippen molar-refractivity contribution in [1.82, 2.24) is 9.47 Å². The normalized spacial score (nSPS) is 23.5. The minimum Gasteiger partial charge on any atom is -0.477 e. The average molecular weight is 490 g/mol. The van der Waals surface area contributed by atoms with E-state index in [4.69, 9.17) is 0 Å². The van der Waals surface area contributed by atoms with E-state index in [1.807, 2.05) is 18.2 Å². The maximum absolute atomic E-state index is 14.2. The molecule has 6 nitrogen and oxygen atoms in total. The SMILES string of the molecule is CCN(Cc1ccccc1)C12CCC(CC1)CN2c1c(C(=O)O)c(=O)c2cc(F)ccc2n1C1CC1. The standard InChI is InChI=1S/C29H32FN3O3/c1-2-31(17-19-6-4-3-5-7-19)29-14-12-20(13-15-29)18-32(29)27-25(28(35)36)26(34)23-16-21(30)8-11-24(23)33(27)22-9-10-22/h3-8,11,16,20,22H,2,9-10,12-15,17-18H2,1H3,(H,35,36). The lowest BCUT2D eigenvalue weighted by molar-refractivity contribution is -0.00248. The lowest BCUT2D eigenvalue weighted by Crippen LogP contribution is -2.68. The average Bonchev–Trinajstić information content (AvgIpc) is 3.73. The van der Waals surface area contributed by atoms with Gasteiger partial charge >= 0.3 is 5.97 Å². The Balaban J connectivity index is 1.59. The van der Waals surface area contributed by atoms with E-state index < -0.39 is 17.2 Å². The molecule has 0 unspecified atom stereocenters. The van der Waals surface area contributed by atoms with Gasteiger partial charge in [0.2, 0.25) is 5.43 Å². The second-order valence-electron chi connectivity index (χ2n) is 10.6. The van der Waals surface area contributed by atoms with Gasteiger partial charge in [0.1, 0.15) is 17.2 Å². The molecule has 188 valence electrons. The van der Waals surface area contributed by atoms with Gasteiger partial charge in [0.05, 0.1) is 11.2 Å². The van der Waals surface area contributed by atoms with Gasteiger partial charge in [0.25, 0.3) is 0 Å². The van der Waals surface area contributed by atoms with Crippen LogP contribution in [0.2, 0.25) is 0 Å². The zero-order valence-electron chi connectivity index (χ0n) is 20.6. The number of fused-ring (bicyclic) bond motifs is 4. The minimum atomic E-state index is -1.24. The van der Waals surface area contributed by atoms with E-state index in [0.29, 0.717) is 17.3 Å². The Morgan fingerprint density at radius 2 is 1.83 bits per heavy atom. The molecule has 2 aliphatic heterocycles. The quantitative estimate of drug-likeness (QED) is 0.481. The molecule has 7 heteroatoms. The number of piperidine rings is 2. The third-order valence-electron chi connectivity index (χ3n) is 8.56. The number of anilines is 1. The van der Waals surface area contributed by atoms with Gasteiger partial charge in [0.15, 0.2) is 0 Å². The van der Waals surface area contributed by atoms with E-state index in [-0.39, 0.29) is 22.7 Å². The minimum absolute atomic E-state index is 0.119. The molecule has 1 aromatic heterocycles. The highest BCUT2D eigenvalue weighted by Gasteiger charge is 2.52. The van der Waals surface area contributed by atoms with Crippen LogP contribution in [0.15, 0.2) is 53.3 Å². The Morgan fingerprint density at radius 3 is 2.47 bits per heavy atom. The molecule has 2 saturated heterocycles. The predicted molar refractivity (Wildman–Crippen MR) is 138 cm³/mol. The Hall–Kier alpha value is -3.19. The topological polar surface area (TPSA) is 65.8 Å². The van der Waals surface area contributed by atoms with E-state index in [9.17, 15) is 19.1 Å². The summed E-state index contributed by atoms with van der Waals surface area (Å²) < 4.78 is 16.2. The number of carboxylic acids is 1. The van der Waals surface area contributed by atoms with Crippen LogP contribution in [0.1, 0.15) is 67.4 Å². The van der Waals surface area contributed by atoms with Crippen LogP contribution in [-0.2, 0) is 6.54 Å². The fourth-order valence-electron chi connectivity index (χ4n) is 6.68. The molecule has 0 spiro atoms. The monoisotopic (exact) mass is 489 g/mol. The van der Waals surface area contributed by atoms with Crippen LogP contribution >= 0.6 is 0 Å². The number of hydrogen-bond acceptors (Lipinski definition) is 4. The smallest absolute Gasteiger partial charge is 0.343 e. The highest BCUT2D eigenvalue weighted by molar-refractivity contribution is 5.99. The predicted octanol–water partition coefficient (Wildman–Crippen LogP) is 5.40. The van der Waals surface area contributed by atoms with Gasteiger partial charge in [-0.2, -0.15) is 0 Å². The summed E-state index contributed by atoms with van der Waals surface area (Å²) in [5.41, 5.74) is 0.662. The summed E-state index contributed by atoms with van der Waals surface area (Å²) in [6, 6.07) is 14.7. The fraction of sp³-hybridized carbons (Fsp3) is 0.448. The number of carboxylic acid groups (broad SMARTS) is 1. The van der Waals surface area contributed by atoms with Crippen molar-refractivity contribution in [2.45, 2.75) is 63.7 Å². The molecule has 7 rings (SSSR count). The van der Waals surface area contributed by atoms with Crippen LogP contribution in [0.25, 0.3) is 10.9 Å². The summed E-state index contributed by atoms with van der Waals surface area (Å²) in [6.45, 7) is 4.45. The van der Waals surface area contributed by atoms with Crippen LogP contribution in [0.5, 0.6) is 0 Å². The summed E-state index contributed by atoms with van der Waals surface area (Å²) in [5.74, 6) is -0.779. The summed E-state index contributed by atoms with van der Waals surface area (Å²) in [4.78, 5) is 31.1. The molecular weight excluding hydrogens is 457 g/mol. The number of aromatic carboxylic acids is 1. The summed E-state index contributed by atoms with van der Waals surface area (Å²) in [6.07, 6.45) is 5.89. The Labute approximate surface area is 209 Å². The zero-order chi connectivity index (χ0) is 25.0. The number of carbonyl (C=O) groups is 1. The van der Waals surface area contributed by atoms with E-state index in [2.05, 4.69) is 33.4 Å². The number of halogens is 1. The zero-order valence-corrected chi connectivity index (χ0v) is 20.6. The van der Waals surface area contributed by atoms with Crippen molar-refractivity contribution in [3.8, 4) is 0 Å². The molecule has 0 radical (unpaired) electrons. The van der Waals surface area contributed by atoms with Crippen LogP contribution in [0.4, 0.5) is 10.2 Å². The second-order valence-corrected chi connectivity index (χ2v) is 10.6. The first-order valence-corrected chi connectivity index (χ1v) is 13.1. The maximum Gasteiger partial charge on any atom is 0.343 e. The van der Waals surface area contributed by atoms with Gasteiger partial charge in [-0.1, -0.05) is 37.3 Å². The Bertz CT molecular complexity index is 1370. The van der Waals surface area contributed by atoms with Crippen molar-refractivity contribution >= 4 is 22.7 Å². The van der Waals surface area contributed by atoms with Gasteiger partial charge in [-0.25, -0.2) is 9.18 Å². The van der Waals surface area contributed by atoms with E-state index in [1.165, 1.54) is 17.7 Å². The number of pyridine rings is 1. The summed E-state index contributed by atoms with van der Waals surface area (Å²) in [7, 11) is 0. The van der Waals surface area contributed by atoms with Crippen molar-refractivity contribution in [1.29, 1.82) is 0 Å². The van der Waals surface area contributed by atoms with Gasteiger partial charge in [-0.05, 0) is 74.8 Å². The highest BCUT2D eigenvalue weighted by Crippen LogP contribution is 2.50. The van der Waals surface area contributed by atoms with Crippen molar-refractivity contribution < 1.29 is 14.3 Å². The van der Waals surface area contributed by atoms with Crippen LogP contribution in [0.3, 0.4) is 0 Å².